The van der Waals surface area contributed by atoms with Gasteiger partial charge in [-0.05, 0) is 40.2 Å². The third kappa shape index (κ3) is 1.48. The van der Waals surface area contributed by atoms with Crippen LogP contribution in [0.5, 0.6) is 0 Å². The van der Waals surface area contributed by atoms with Crippen LogP contribution in [0.4, 0.5) is 0 Å². The van der Waals surface area contributed by atoms with Gasteiger partial charge in [-0.3, -0.25) is 0 Å². The monoisotopic (exact) mass is 324 g/mol. The number of pyridine rings is 1. The molecule has 0 saturated carbocycles. The summed E-state index contributed by atoms with van der Waals surface area (Å²) in [6.45, 7) is 0. The van der Waals surface area contributed by atoms with Crippen molar-refractivity contribution in [3.63, 3.8) is 0 Å². The Kier molecular flexibility index (Phi) is 2.07. The van der Waals surface area contributed by atoms with Crippen molar-refractivity contribution in [3.8, 4) is 0 Å². The Morgan fingerprint density at radius 2 is 1.80 bits per heavy atom. The van der Waals surface area contributed by atoms with Crippen LogP contribution in [0.2, 0.25) is 0 Å². The maximum absolute atomic E-state index is 4.20. The Morgan fingerprint density at radius 1 is 1.00 bits per heavy atom. The first-order valence-corrected chi connectivity index (χ1v) is 6.05. The summed E-state index contributed by atoms with van der Waals surface area (Å²) in [4.78, 5) is 7.53. The fourth-order valence-electron chi connectivity index (χ4n) is 1.75. The van der Waals surface area contributed by atoms with E-state index in [1.54, 1.807) is 0 Å². The molecule has 15 heavy (non-hydrogen) atoms. The van der Waals surface area contributed by atoms with Gasteiger partial charge in [-0.2, -0.15) is 0 Å². The third-order valence-corrected chi connectivity index (χ3v) is 3.34. The van der Waals surface area contributed by atoms with Crippen molar-refractivity contribution >= 4 is 53.7 Å². The minimum absolute atomic E-state index is 0.857. The molecular weight excluding hydrogens is 320 g/mol. The molecule has 3 aromatic rings. The highest BCUT2D eigenvalue weighted by Gasteiger charge is 2.05. The first kappa shape index (κ1) is 9.36. The van der Waals surface area contributed by atoms with Gasteiger partial charge in [-0.1, -0.05) is 15.9 Å². The zero-order valence-corrected chi connectivity index (χ0v) is 10.8. The predicted molar refractivity (Wildman–Crippen MR) is 69.0 cm³/mol. The molecule has 0 bridgehead atoms. The summed E-state index contributed by atoms with van der Waals surface area (Å²) in [5.74, 6) is 0. The standard InChI is InChI=1S/C11H6Br2N2/c12-6-1-2-9-7(3-6)8-4-11(13)14-5-10(8)15-9/h1-5,15H. The Labute approximate surface area is 103 Å². The summed E-state index contributed by atoms with van der Waals surface area (Å²) >= 11 is 6.86. The van der Waals surface area contributed by atoms with Gasteiger partial charge in [0.25, 0.3) is 0 Å². The summed E-state index contributed by atoms with van der Waals surface area (Å²) < 4.78 is 1.94. The van der Waals surface area contributed by atoms with E-state index in [4.69, 9.17) is 0 Å². The maximum Gasteiger partial charge on any atom is 0.106 e. The number of nitrogens with one attached hydrogen (secondary N) is 1. The lowest BCUT2D eigenvalue weighted by molar-refractivity contribution is 1.30. The van der Waals surface area contributed by atoms with E-state index in [9.17, 15) is 0 Å². The van der Waals surface area contributed by atoms with Crippen molar-refractivity contribution in [3.05, 3.63) is 39.5 Å². The van der Waals surface area contributed by atoms with Crippen LogP contribution >= 0.6 is 31.9 Å². The van der Waals surface area contributed by atoms with E-state index in [1.165, 1.54) is 10.8 Å². The van der Waals surface area contributed by atoms with E-state index in [-0.39, 0.29) is 0 Å². The second kappa shape index (κ2) is 3.32. The number of benzene rings is 1. The van der Waals surface area contributed by atoms with E-state index in [0.29, 0.717) is 0 Å². The van der Waals surface area contributed by atoms with E-state index < -0.39 is 0 Å². The van der Waals surface area contributed by atoms with Crippen molar-refractivity contribution in [1.29, 1.82) is 0 Å². The SMILES string of the molecule is Brc1ccc2[nH]c3cnc(Br)cc3c2c1. The van der Waals surface area contributed by atoms with Gasteiger partial charge in [0.05, 0.1) is 11.7 Å². The highest BCUT2D eigenvalue weighted by atomic mass is 79.9. The van der Waals surface area contributed by atoms with Crippen molar-refractivity contribution in [2.75, 3.05) is 0 Å². The molecule has 74 valence electrons. The zero-order chi connectivity index (χ0) is 10.4. The highest BCUT2D eigenvalue weighted by Crippen LogP contribution is 2.28. The predicted octanol–water partition coefficient (Wildman–Crippen LogP) is 4.24. The minimum atomic E-state index is 0.857. The fourth-order valence-corrected chi connectivity index (χ4v) is 2.44. The molecule has 0 aliphatic carbocycles. The lowest BCUT2D eigenvalue weighted by atomic mass is 10.2. The zero-order valence-electron chi connectivity index (χ0n) is 7.59. The molecule has 0 aliphatic rings. The number of hydrogen-bond donors (Lipinski definition) is 1. The molecule has 0 spiro atoms. The molecule has 0 radical (unpaired) electrons. The van der Waals surface area contributed by atoms with Gasteiger partial charge in [0, 0.05) is 20.8 Å². The second-order valence-electron chi connectivity index (χ2n) is 3.37. The maximum atomic E-state index is 4.20. The molecule has 1 aromatic carbocycles. The number of rotatable bonds is 0. The number of hydrogen-bond acceptors (Lipinski definition) is 1. The molecule has 0 unspecified atom stereocenters. The van der Waals surface area contributed by atoms with Gasteiger partial charge in [0.1, 0.15) is 4.60 Å². The van der Waals surface area contributed by atoms with Gasteiger partial charge >= 0.3 is 0 Å². The van der Waals surface area contributed by atoms with Crippen LogP contribution in [0.3, 0.4) is 0 Å². The molecule has 3 rings (SSSR count). The summed E-state index contributed by atoms with van der Waals surface area (Å²) in [6.07, 6.45) is 1.84. The van der Waals surface area contributed by atoms with Gasteiger partial charge < -0.3 is 4.98 Å². The van der Waals surface area contributed by atoms with Crippen LogP contribution in [0.25, 0.3) is 21.8 Å². The fraction of sp³-hybridized carbons (Fsp3) is 0. The number of H-pyrrole nitrogens is 1. The van der Waals surface area contributed by atoms with E-state index in [0.717, 1.165) is 20.1 Å². The van der Waals surface area contributed by atoms with Gasteiger partial charge in [0.2, 0.25) is 0 Å². The summed E-state index contributed by atoms with van der Waals surface area (Å²) in [5.41, 5.74) is 2.19. The van der Waals surface area contributed by atoms with Crippen LogP contribution in [0.15, 0.2) is 39.5 Å². The minimum Gasteiger partial charge on any atom is -0.353 e. The molecule has 2 heterocycles. The molecule has 2 aromatic heterocycles. The van der Waals surface area contributed by atoms with Crippen LogP contribution < -0.4 is 0 Å². The number of fused-ring (bicyclic) bond motifs is 3. The molecule has 1 N–H and O–H groups in total. The second-order valence-corrected chi connectivity index (χ2v) is 5.10. The number of halogens is 2. The number of aromatic nitrogens is 2. The Balaban J connectivity index is 2.55. The van der Waals surface area contributed by atoms with Crippen LogP contribution in [0, 0.1) is 0 Å². The highest BCUT2D eigenvalue weighted by molar-refractivity contribution is 9.10. The number of nitrogens with zero attached hydrogens (tertiary/aromatic N) is 1. The average Bonchev–Trinajstić information content (AvgIpc) is 2.56. The van der Waals surface area contributed by atoms with Crippen molar-refractivity contribution in [2.24, 2.45) is 0 Å². The Morgan fingerprint density at radius 3 is 2.67 bits per heavy atom. The van der Waals surface area contributed by atoms with Gasteiger partial charge in [-0.15, -0.1) is 0 Å². The first-order chi connectivity index (χ1) is 7.24. The Bertz CT molecular complexity index is 602. The summed E-state index contributed by atoms with van der Waals surface area (Å²) in [6, 6.07) is 8.23. The molecule has 2 nitrogen and oxygen atoms in total. The van der Waals surface area contributed by atoms with Crippen LogP contribution in [-0.4, -0.2) is 9.97 Å². The van der Waals surface area contributed by atoms with Gasteiger partial charge in [-0.25, -0.2) is 4.98 Å². The molecule has 4 heteroatoms. The topological polar surface area (TPSA) is 28.7 Å². The molecule has 0 fully saturated rings. The van der Waals surface area contributed by atoms with Crippen LogP contribution in [0.1, 0.15) is 0 Å². The summed E-state index contributed by atoms with van der Waals surface area (Å²) in [5, 5.41) is 2.40. The third-order valence-electron chi connectivity index (χ3n) is 2.41. The quantitative estimate of drug-likeness (QED) is 0.615. The normalized spacial score (nSPS) is 11.3. The molecule has 0 atom stereocenters. The Hall–Kier alpha value is -0.870. The van der Waals surface area contributed by atoms with Gasteiger partial charge in [0.15, 0.2) is 0 Å². The largest absolute Gasteiger partial charge is 0.353 e. The summed E-state index contributed by atoms with van der Waals surface area (Å²) in [7, 11) is 0. The van der Waals surface area contributed by atoms with Crippen molar-refractivity contribution < 1.29 is 0 Å². The van der Waals surface area contributed by atoms with E-state index in [1.807, 2.05) is 18.3 Å². The first-order valence-electron chi connectivity index (χ1n) is 4.46. The number of aromatic amines is 1. The molecule has 0 amide bonds. The smallest absolute Gasteiger partial charge is 0.106 e. The van der Waals surface area contributed by atoms with E-state index in [2.05, 4.69) is 54.0 Å². The van der Waals surface area contributed by atoms with Crippen molar-refractivity contribution in [2.45, 2.75) is 0 Å². The lowest BCUT2D eigenvalue weighted by Crippen LogP contribution is -1.73. The molecule has 0 saturated heterocycles. The molecular formula is C11H6Br2N2. The lowest BCUT2D eigenvalue weighted by Gasteiger charge is -1.92. The van der Waals surface area contributed by atoms with Crippen LogP contribution in [-0.2, 0) is 0 Å². The van der Waals surface area contributed by atoms with Crippen molar-refractivity contribution in [1.82, 2.24) is 9.97 Å². The van der Waals surface area contributed by atoms with E-state index >= 15 is 0 Å². The molecule has 0 aliphatic heterocycles. The average molecular weight is 326 g/mol.